The SMILES string of the molecule is COc1ccc2cc(COC(=O)c3cnccn3)ccc2c1. The van der Waals surface area contributed by atoms with Gasteiger partial charge in [-0.25, -0.2) is 9.78 Å². The summed E-state index contributed by atoms with van der Waals surface area (Å²) in [6, 6.07) is 11.7. The highest BCUT2D eigenvalue weighted by Crippen LogP contribution is 2.22. The van der Waals surface area contributed by atoms with Crippen LogP contribution in [0.2, 0.25) is 0 Å². The molecule has 0 saturated heterocycles. The van der Waals surface area contributed by atoms with E-state index in [9.17, 15) is 4.79 Å². The summed E-state index contributed by atoms with van der Waals surface area (Å²) < 4.78 is 10.4. The van der Waals surface area contributed by atoms with Gasteiger partial charge in [0.1, 0.15) is 12.4 Å². The Morgan fingerprint density at radius 1 is 1.09 bits per heavy atom. The normalized spacial score (nSPS) is 10.4. The summed E-state index contributed by atoms with van der Waals surface area (Å²) in [7, 11) is 1.64. The number of benzene rings is 2. The highest BCUT2D eigenvalue weighted by molar-refractivity contribution is 5.87. The number of fused-ring (bicyclic) bond motifs is 1. The molecular formula is C17H14N2O3. The Hall–Kier alpha value is -2.95. The molecule has 0 aliphatic rings. The number of hydrogen-bond acceptors (Lipinski definition) is 5. The van der Waals surface area contributed by atoms with E-state index in [1.165, 1.54) is 18.6 Å². The first-order valence-corrected chi connectivity index (χ1v) is 6.76. The van der Waals surface area contributed by atoms with Crippen LogP contribution < -0.4 is 4.74 Å². The van der Waals surface area contributed by atoms with Crippen LogP contribution in [0.15, 0.2) is 55.0 Å². The van der Waals surface area contributed by atoms with Gasteiger partial charge in [-0.2, -0.15) is 0 Å². The third-order valence-electron chi connectivity index (χ3n) is 3.25. The van der Waals surface area contributed by atoms with Crippen LogP contribution in [0.5, 0.6) is 5.75 Å². The number of methoxy groups -OCH3 is 1. The minimum Gasteiger partial charge on any atom is -0.497 e. The number of carbonyl (C=O) groups excluding carboxylic acids is 1. The van der Waals surface area contributed by atoms with Crippen LogP contribution in [-0.4, -0.2) is 23.0 Å². The van der Waals surface area contributed by atoms with E-state index in [1.807, 2.05) is 36.4 Å². The molecule has 5 nitrogen and oxygen atoms in total. The molecule has 0 amide bonds. The van der Waals surface area contributed by atoms with Gasteiger partial charge in [0.25, 0.3) is 0 Å². The van der Waals surface area contributed by atoms with E-state index in [0.29, 0.717) is 0 Å². The number of carbonyl (C=O) groups is 1. The van der Waals surface area contributed by atoms with Gasteiger partial charge < -0.3 is 9.47 Å². The van der Waals surface area contributed by atoms with Crippen LogP contribution in [0.4, 0.5) is 0 Å². The van der Waals surface area contributed by atoms with Crippen molar-refractivity contribution in [3.8, 4) is 5.75 Å². The third-order valence-corrected chi connectivity index (χ3v) is 3.25. The Kier molecular flexibility index (Phi) is 3.96. The molecule has 1 heterocycles. The van der Waals surface area contributed by atoms with Crippen molar-refractivity contribution in [1.82, 2.24) is 9.97 Å². The topological polar surface area (TPSA) is 61.3 Å². The molecule has 0 unspecified atom stereocenters. The number of aromatic nitrogens is 2. The molecule has 0 bridgehead atoms. The molecule has 0 N–H and O–H groups in total. The maximum atomic E-state index is 11.8. The summed E-state index contributed by atoms with van der Waals surface area (Å²) in [5.41, 5.74) is 1.11. The zero-order valence-corrected chi connectivity index (χ0v) is 12.0. The van der Waals surface area contributed by atoms with E-state index in [0.717, 1.165) is 22.1 Å². The quantitative estimate of drug-likeness (QED) is 0.692. The first-order chi connectivity index (χ1) is 10.8. The molecule has 3 rings (SSSR count). The first-order valence-electron chi connectivity index (χ1n) is 6.76. The fourth-order valence-corrected chi connectivity index (χ4v) is 2.12. The summed E-state index contributed by atoms with van der Waals surface area (Å²) in [5, 5.41) is 2.14. The Morgan fingerprint density at radius 2 is 1.91 bits per heavy atom. The van der Waals surface area contributed by atoms with Crippen LogP contribution >= 0.6 is 0 Å². The van der Waals surface area contributed by atoms with Gasteiger partial charge in [-0.1, -0.05) is 18.2 Å². The molecule has 0 fully saturated rings. The lowest BCUT2D eigenvalue weighted by Gasteiger charge is -2.07. The fourth-order valence-electron chi connectivity index (χ4n) is 2.12. The molecule has 0 spiro atoms. The van der Waals surface area contributed by atoms with Crippen LogP contribution in [0.25, 0.3) is 10.8 Å². The van der Waals surface area contributed by atoms with E-state index in [4.69, 9.17) is 9.47 Å². The summed E-state index contributed by atoms with van der Waals surface area (Å²) in [6.07, 6.45) is 4.35. The Balaban J connectivity index is 1.73. The predicted octanol–water partition coefficient (Wildman–Crippen LogP) is 3.00. The molecule has 0 aliphatic carbocycles. The minimum absolute atomic E-state index is 0.192. The van der Waals surface area contributed by atoms with Crippen molar-refractivity contribution < 1.29 is 14.3 Å². The zero-order chi connectivity index (χ0) is 15.4. The molecule has 110 valence electrons. The predicted molar refractivity (Wildman–Crippen MR) is 81.7 cm³/mol. The molecule has 0 atom stereocenters. The molecule has 2 aromatic carbocycles. The van der Waals surface area contributed by atoms with Gasteiger partial charge in [0.2, 0.25) is 0 Å². The van der Waals surface area contributed by atoms with Crippen LogP contribution in [-0.2, 0) is 11.3 Å². The fraction of sp³-hybridized carbons (Fsp3) is 0.118. The molecular weight excluding hydrogens is 280 g/mol. The lowest BCUT2D eigenvalue weighted by Crippen LogP contribution is -2.07. The van der Waals surface area contributed by atoms with E-state index in [1.54, 1.807) is 7.11 Å². The lowest BCUT2D eigenvalue weighted by molar-refractivity contribution is 0.0465. The van der Waals surface area contributed by atoms with Crippen LogP contribution in [0.1, 0.15) is 16.1 Å². The standard InChI is InChI=1S/C17H14N2O3/c1-21-15-5-4-13-8-12(2-3-14(13)9-15)11-22-17(20)16-10-18-6-7-19-16/h2-10H,11H2,1H3. The third kappa shape index (κ3) is 3.03. The van der Waals surface area contributed by atoms with Crippen molar-refractivity contribution in [2.75, 3.05) is 7.11 Å². The molecule has 0 aliphatic heterocycles. The molecule has 5 heteroatoms. The average Bonchev–Trinajstić information content (AvgIpc) is 2.59. The van der Waals surface area contributed by atoms with Gasteiger partial charge in [0, 0.05) is 12.4 Å². The lowest BCUT2D eigenvalue weighted by atomic mass is 10.1. The maximum absolute atomic E-state index is 11.8. The molecule has 3 aromatic rings. The zero-order valence-electron chi connectivity index (χ0n) is 12.0. The molecule has 0 saturated carbocycles. The van der Waals surface area contributed by atoms with Gasteiger partial charge in [0.05, 0.1) is 13.3 Å². The van der Waals surface area contributed by atoms with E-state index >= 15 is 0 Å². The summed E-state index contributed by atoms with van der Waals surface area (Å²) in [5.74, 6) is 0.331. The second-order valence-corrected chi connectivity index (χ2v) is 4.71. The Bertz CT molecular complexity index is 803. The van der Waals surface area contributed by atoms with Crippen molar-refractivity contribution >= 4 is 16.7 Å². The van der Waals surface area contributed by atoms with E-state index in [-0.39, 0.29) is 12.3 Å². The average molecular weight is 294 g/mol. The highest BCUT2D eigenvalue weighted by Gasteiger charge is 2.09. The number of esters is 1. The van der Waals surface area contributed by atoms with Gasteiger partial charge in [0.15, 0.2) is 5.69 Å². The Labute approximate surface area is 127 Å². The van der Waals surface area contributed by atoms with Crippen molar-refractivity contribution in [3.05, 3.63) is 66.2 Å². The van der Waals surface area contributed by atoms with Crippen molar-refractivity contribution in [1.29, 1.82) is 0 Å². The first kappa shape index (κ1) is 14.0. The maximum Gasteiger partial charge on any atom is 0.358 e. The second-order valence-electron chi connectivity index (χ2n) is 4.71. The number of hydrogen-bond donors (Lipinski definition) is 0. The highest BCUT2D eigenvalue weighted by atomic mass is 16.5. The van der Waals surface area contributed by atoms with Crippen LogP contribution in [0, 0.1) is 0 Å². The van der Waals surface area contributed by atoms with Gasteiger partial charge >= 0.3 is 5.97 Å². The monoisotopic (exact) mass is 294 g/mol. The summed E-state index contributed by atoms with van der Waals surface area (Å²) >= 11 is 0. The van der Waals surface area contributed by atoms with Crippen molar-refractivity contribution in [2.45, 2.75) is 6.61 Å². The second kappa shape index (κ2) is 6.22. The molecule has 22 heavy (non-hydrogen) atoms. The van der Waals surface area contributed by atoms with Crippen molar-refractivity contribution in [2.24, 2.45) is 0 Å². The number of ether oxygens (including phenoxy) is 2. The van der Waals surface area contributed by atoms with Crippen LogP contribution in [0.3, 0.4) is 0 Å². The number of rotatable bonds is 4. The van der Waals surface area contributed by atoms with E-state index < -0.39 is 5.97 Å². The number of nitrogens with zero attached hydrogens (tertiary/aromatic N) is 2. The molecule has 0 radical (unpaired) electrons. The summed E-state index contributed by atoms with van der Waals surface area (Å²) in [4.78, 5) is 19.6. The smallest absolute Gasteiger partial charge is 0.358 e. The van der Waals surface area contributed by atoms with E-state index in [2.05, 4.69) is 9.97 Å². The largest absolute Gasteiger partial charge is 0.497 e. The Morgan fingerprint density at radius 3 is 2.68 bits per heavy atom. The minimum atomic E-state index is -0.483. The summed E-state index contributed by atoms with van der Waals surface area (Å²) in [6.45, 7) is 0.192. The van der Waals surface area contributed by atoms with Gasteiger partial charge in [-0.15, -0.1) is 0 Å². The molecule has 1 aromatic heterocycles. The van der Waals surface area contributed by atoms with Gasteiger partial charge in [-0.3, -0.25) is 4.98 Å². The van der Waals surface area contributed by atoms with Gasteiger partial charge in [-0.05, 0) is 34.5 Å². The van der Waals surface area contributed by atoms with Crippen molar-refractivity contribution in [3.63, 3.8) is 0 Å².